The molecule has 0 unspecified atom stereocenters. The second-order valence-electron chi connectivity index (χ2n) is 7.76. The third kappa shape index (κ3) is 3.42. The Hall–Kier alpha value is -2.10. The smallest absolute Gasteiger partial charge is 0.209 e. The first-order valence-corrected chi connectivity index (χ1v) is 9.86. The summed E-state index contributed by atoms with van der Waals surface area (Å²) in [6.45, 7) is 8.07. The van der Waals surface area contributed by atoms with Gasteiger partial charge >= 0.3 is 0 Å². The van der Waals surface area contributed by atoms with E-state index >= 15 is 0 Å². The second-order valence-corrected chi connectivity index (χ2v) is 8.19. The zero-order chi connectivity index (χ0) is 19.0. The lowest BCUT2D eigenvalue weighted by molar-refractivity contribution is -0.401. The van der Waals surface area contributed by atoms with Crippen molar-refractivity contribution in [3.05, 3.63) is 64.7 Å². The summed E-state index contributed by atoms with van der Waals surface area (Å²) in [5.74, 6) is 0. The number of ether oxygens (including phenoxy) is 1. The van der Waals surface area contributed by atoms with E-state index in [1.165, 1.54) is 28.2 Å². The Morgan fingerprint density at radius 3 is 2.44 bits per heavy atom. The van der Waals surface area contributed by atoms with Crippen LogP contribution >= 0.6 is 11.6 Å². The minimum atomic E-state index is -0.0702. The van der Waals surface area contributed by atoms with E-state index < -0.39 is 0 Å². The van der Waals surface area contributed by atoms with Crippen molar-refractivity contribution >= 4 is 34.8 Å². The van der Waals surface area contributed by atoms with Crippen LogP contribution in [0.15, 0.2) is 48.5 Å². The van der Waals surface area contributed by atoms with Gasteiger partial charge in [-0.05, 0) is 49.8 Å². The first-order chi connectivity index (χ1) is 13.0. The summed E-state index contributed by atoms with van der Waals surface area (Å²) in [6, 6.07) is 14.9. The van der Waals surface area contributed by atoms with Gasteiger partial charge in [0.05, 0.1) is 18.6 Å². The van der Waals surface area contributed by atoms with Crippen molar-refractivity contribution < 1.29 is 9.31 Å². The maximum absolute atomic E-state index is 6.24. The molecule has 0 aliphatic carbocycles. The predicted molar refractivity (Wildman–Crippen MR) is 114 cm³/mol. The quantitative estimate of drug-likeness (QED) is 0.703. The molecule has 27 heavy (non-hydrogen) atoms. The van der Waals surface area contributed by atoms with Crippen LogP contribution < -0.4 is 4.90 Å². The fraction of sp³-hybridized carbons (Fsp3) is 0.348. The Kier molecular flexibility index (Phi) is 4.83. The lowest BCUT2D eigenvalue weighted by atomic mass is 9.81. The Morgan fingerprint density at radius 1 is 1.04 bits per heavy atom. The molecule has 4 rings (SSSR count). The Bertz CT molecular complexity index is 906. The van der Waals surface area contributed by atoms with Crippen molar-refractivity contribution in [2.45, 2.75) is 19.3 Å². The highest BCUT2D eigenvalue weighted by molar-refractivity contribution is 6.30. The van der Waals surface area contributed by atoms with Gasteiger partial charge in [0.2, 0.25) is 5.69 Å². The molecule has 0 N–H and O–H groups in total. The molecular formula is C23H26ClN2O+. The van der Waals surface area contributed by atoms with Gasteiger partial charge in [0, 0.05) is 41.5 Å². The molecule has 2 aliphatic heterocycles. The van der Waals surface area contributed by atoms with Crippen LogP contribution in [0.3, 0.4) is 0 Å². The van der Waals surface area contributed by atoms with Crippen LogP contribution in [0.5, 0.6) is 0 Å². The molecule has 0 spiro atoms. The Morgan fingerprint density at radius 2 is 1.74 bits per heavy atom. The minimum Gasteiger partial charge on any atom is -0.378 e. The molecule has 0 aromatic heterocycles. The Labute approximate surface area is 166 Å². The van der Waals surface area contributed by atoms with Crippen LogP contribution in [0.1, 0.15) is 25.0 Å². The molecule has 0 amide bonds. The third-order valence-corrected chi connectivity index (χ3v) is 5.93. The summed E-state index contributed by atoms with van der Waals surface area (Å²) >= 11 is 6.24. The molecule has 2 aliphatic rings. The van der Waals surface area contributed by atoms with E-state index in [9.17, 15) is 0 Å². The number of allylic oxidation sites excluding steroid dienone is 1. The highest BCUT2D eigenvalue weighted by atomic mass is 35.5. The van der Waals surface area contributed by atoms with Gasteiger partial charge in [0.1, 0.15) is 7.05 Å². The topological polar surface area (TPSA) is 15.5 Å². The van der Waals surface area contributed by atoms with Gasteiger partial charge in [-0.3, -0.25) is 0 Å². The summed E-state index contributed by atoms with van der Waals surface area (Å²) in [5.41, 5.74) is 6.18. The van der Waals surface area contributed by atoms with E-state index in [1.807, 2.05) is 6.07 Å². The molecule has 1 saturated heterocycles. The number of halogens is 1. The fourth-order valence-electron chi connectivity index (χ4n) is 4.10. The minimum absolute atomic E-state index is 0.0702. The number of benzene rings is 2. The maximum atomic E-state index is 6.24. The molecule has 140 valence electrons. The van der Waals surface area contributed by atoms with Crippen molar-refractivity contribution in [3.63, 3.8) is 0 Å². The van der Waals surface area contributed by atoms with Crippen molar-refractivity contribution in [3.8, 4) is 0 Å². The van der Waals surface area contributed by atoms with E-state index in [-0.39, 0.29) is 5.41 Å². The lowest BCUT2D eigenvalue weighted by Gasteiger charge is -2.28. The van der Waals surface area contributed by atoms with Gasteiger partial charge in [-0.15, -0.1) is 0 Å². The number of nitrogens with zero attached hydrogens (tertiary/aromatic N) is 2. The molecular weight excluding hydrogens is 356 g/mol. The molecule has 3 nitrogen and oxygen atoms in total. The summed E-state index contributed by atoms with van der Waals surface area (Å²) in [5, 5.41) is 0.791. The zero-order valence-electron chi connectivity index (χ0n) is 16.2. The average molecular weight is 382 g/mol. The normalized spacial score (nSPS) is 19.0. The summed E-state index contributed by atoms with van der Waals surface area (Å²) < 4.78 is 7.70. The van der Waals surface area contributed by atoms with Gasteiger partial charge in [0.25, 0.3) is 0 Å². The van der Waals surface area contributed by atoms with Crippen LogP contribution in [0.4, 0.5) is 11.4 Å². The van der Waals surface area contributed by atoms with Crippen molar-refractivity contribution in [2.24, 2.45) is 0 Å². The number of fused-ring (bicyclic) bond motifs is 1. The van der Waals surface area contributed by atoms with Gasteiger partial charge in [-0.25, -0.2) is 0 Å². The van der Waals surface area contributed by atoms with E-state index in [0.717, 1.165) is 31.3 Å². The van der Waals surface area contributed by atoms with Gasteiger partial charge in [0.15, 0.2) is 5.71 Å². The van der Waals surface area contributed by atoms with Crippen LogP contribution in [0.2, 0.25) is 5.02 Å². The summed E-state index contributed by atoms with van der Waals surface area (Å²) in [4.78, 5) is 2.37. The molecule has 2 aromatic rings. The number of hydrogen-bond donors (Lipinski definition) is 0. The number of rotatable bonds is 3. The van der Waals surface area contributed by atoms with Gasteiger partial charge in [-0.2, -0.15) is 4.58 Å². The SMILES string of the molecule is C[N+]1=C(/C=C/c2ccc(N3CCOCC3)cc2)C(C)(C)c2cc(Cl)ccc21. The molecule has 0 bridgehead atoms. The number of anilines is 1. The van der Waals surface area contributed by atoms with Crippen LogP contribution in [0.25, 0.3) is 6.08 Å². The monoisotopic (exact) mass is 381 g/mol. The molecule has 0 saturated carbocycles. The zero-order valence-corrected chi connectivity index (χ0v) is 17.0. The highest BCUT2D eigenvalue weighted by Gasteiger charge is 2.42. The largest absolute Gasteiger partial charge is 0.378 e. The standard InChI is InChI=1S/C23H26ClN2O/c1-23(2)20-16-18(24)7-10-21(20)25(3)22(23)11-6-17-4-8-19(9-5-17)26-12-14-27-15-13-26/h4-11,16H,12-15H2,1-3H3/q+1. The highest BCUT2D eigenvalue weighted by Crippen LogP contribution is 2.40. The molecule has 4 heteroatoms. The van der Waals surface area contributed by atoms with E-state index in [4.69, 9.17) is 16.3 Å². The van der Waals surface area contributed by atoms with Gasteiger partial charge in [-0.1, -0.05) is 23.7 Å². The average Bonchev–Trinajstić information content (AvgIpc) is 2.87. The van der Waals surface area contributed by atoms with Crippen LogP contribution in [-0.4, -0.2) is 43.6 Å². The molecule has 0 radical (unpaired) electrons. The van der Waals surface area contributed by atoms with Crippen molar-refractivity contribution in [2.75, 3.05) is 38.3 Å². The molecule has 0 atom stereocenters. The van der Waals surface area contributed by atoms with Crippen molar-refractivity contribution in [1.29, 1.82) is 0 Å². The summed E-state index contributed by atoms with van der Waals surface area (Å²) in [7, 11) is 2.13. The van der Waals surface area contributed by atoms with E-state index in [0.29, 0.717) is 0 Å². The molecule has 2 heterocycles. The van der Waals surface area contributed by atoms with Crippen LogP contribution in [-0.2, 0) is 10.2 Å². The predicted octanol–water partition coefficient (Wildman–Crippen LogP) is 4.90. The third-order valence-electron chi connectivity index (χ3n) is 5.70. The number of morpholine rings is 1. The first kappa shape index (κ1) is 18.3. The first-order valence-electron chi connectivity index (χ1n) is 9.49. The van der Waals surface area contributed by atoms with Crippen molar-refractivity contribution in [1.82, 2.24) is 0 Å². The Balaban J connectivity index is 1.57. The van der Waals surface area contributed by atoms with Crippen LogP contribution in [0, 0.1) is 0 Å². The van der Waals surface area contributed by atoms with E-state index in [1.54, 1.807) is 0 Å². The fourth-order valence-corrected chi connectivity index (χ4v) is 4.27. The van der Waals surface area contributed by atoms with E-state index in [2.05, 4.69) is 78.9 Å². The molecule has 2 aromatic carbocycles. The van der Waals surface area contributed by atoms with Gasteiger partial charge < -0.3 is 9.64 Å². The number of hydrogen-bond acceptors (Lipinski definition) is 2. The lowest BCUT2D eigenvalue weighted by Crippen LogP contribution is -2.36. The second kappa shape index (κ2) is 7.14. The maximum Gasteiger partial charge on any atom is 0.209 e. The molecule has 1 fully saturated rings. The summed E-state index contributed by atoms with van der Waals surface area (Å²) in [6.07, 6.45) is 4.43.